The Hall–Kier alpha value is -1.83. The molecule has 0 aliphatic heterocycles. The molecule has 0 spiro atoms. The van der Waals surface area contributed by atoms with Crippen LogP contribution in [0.15, 0.2) is 46.2 Å². The number of anilines is 1. The Kier molecular flexibility index (Phi) is 7.83. The average molecular weight is 461 g/mol. The van der Waals surface area contributed by atoms with Gasteiger partial charge in [0.1, 0.15) is 0 Å². The van der Waals surface area contributed by atoms with Gasteiger partial charge in [-0.1, -0.05) is 39.0 Å². The summed E-state index contributed by atoms with van der Waals surface area (Å²) in [5.74, 6) is -0.333. The van der Waals surface area contributed by atoms with Crippen LogP contribution in [-0.2, 0) is 27.7 Å². The van der Waals surface area contributed by atoms with E-state index in [1.165, 1.54) is 35.7 Å². The number of nitrogens with one attached hydrogen (secondary N) is 2. The molecule has 3 rings (SSSR count). The standard InChI is InChI=1S/C24H32N2O3S2/c1-5-21(19-11-10-17-8-6-7-9-18(17)14-19)26-31(28,29)20-12-13-23(30-4)22(15-20)25-24(27)16(2)3/h10-16,21,26H,5-9H2,1-4H3,(H,25,27)/t21-/m1/s1. The molecule has 0 fully saturated rings. The molecule has 168 valence electrons. The summed E-state index contributed by atoms with van der Waals surface area (Å²) in [7, 11) is -3.76. The van der Waals surface area contributed by atoms with E-state index < -0.39 is 10.0 Å². The Morgan fingerprint density at radius 3 is 2.42 bits per heavy atom. The van der Waals surface area contributed by atoms with E-state index in [2.05, 4.69) is 22.2 Å². The number of carbonyl (C=O) groups is 1. The summed E-state index contributed by atoms with van der Waals surface area (Å²) >= 11 is 1.47. The van der Waals surface area contributed by atoms with Crippen LogP contribution in [0.1, 0.15) is 62.8 Å². The Balaban J connectivity index is 1.87. The van der Waals surface area contributed by atoms with Crippen molar-refractivity contribution in [2.24, 2.45) is 5.92 Å². The van der Waals surface area contributed by atoms with Crippen LogP contribution in [0, 0.1) is 5.92 Å². The number of sulfonamides is 1. The second kappa shape index (κ2) is 10.2. The van der Waals surface area contributed by atoms with Crippen molar-refractivity contribution in [3.63, 3.8) is 0 Å². The molecule has 5 nitrogen and oxygen atoms in total. The first-order chi connectivity index (χ1) is 14.7. The van der Waals surface area contributed by atoms with Crippen LogP contribution in [-0.4, -0.2) is 20.6 Å². The van der Waals surface area contributed by atoms with Gasteiger partial charge in [-0.2, -0.15) is 0 Å². The van der Waals surface area contributed by atoms with Crippen molar-refractivity contribution < 1.29 is 13.2 Å². The molecular weight excluding hydrogens is 428 g/mol. The van der Waals surface area contributed by atoms with Gasteiger partial charge in [-0.05, 0) is 73.2 Å². The summed E-state index contributed by atoms with van der Waals surface area (Å²) in [5, 5.41) is 2.85. The van der Waals surface area contributed by atoms with Crippen LogP contribution in [0.3, 0.4) is 0 Å². The van der Waals surface area contributed by atoms with Crippen molar-refractivity contribution >= 4 is 33.4 Å². The van der Waals surface area contributed by atoms with Crippen LogP contribution < -0.4 is 10.0 Å². The van der Waals surface area contributed by atoms with E-state index >= 15 is 0 Å². The predicted octanol–water partition coefficient (Wildman–Crippen LogP) is 5.31. The molecule has 2 aromatic carbocycles. The molecule has 2 N–H and O–H groups in total. The Morgan fingerprint density at radius 2 is 1.77 bits per heavy atom. The summed E-state index contributed by atoms with van der Waals surface area (Å²) in [6.07, 6.45) is 7.11. The molecular formula is C24H32N2O3S2. The highest BCUT2D eigenvalue weighted by Crippen LogP contribution is 2.30. The zero-order chi connectivity index (χ0) is 22.6. The topological polar surface area (TPSA) is 75.3 Å². The van der Waals surface area contributed by atoms with Crippen molar-refractivity contribution in [2.75, 3.05) is 11.6 Å². The highest BCUT2D eigenvalue weighted by molar-refractivity contribution is 7.98. The maximum absolute atomic E-state index is 13.2. The Labute approximate surface area is 190 Å². The maximum Gasteiger partial charge on any atom is 0.241 e. The number of carbonyl (C=O) groups excluding carboxylic acids is 1. The number of hydrogen-bond donors (Lipinski definition) is 2. The minimum atomic E-state index is -3.76. The first-order valence-electron chi connectivity index (χ1n) is 10.9. The number of benzene rings is 2. The SMILES string of the molecule is CC[C@@H](NS(=O)(=O)c1ccc(SC)c(NC(=O)C(C)C)c1)c1ccc2c(c1)CCCC2. The highest BCUT2D eigenvalue weighted by atomic mass is 32.2. The van der Waals surface area contributed by atoms with Crippen molar-refractivity contribution in [1.82, 2.24) is 4.72 Å². The lowest BCUT2D eigenvalue weighted by Crippen LogP contribution is -2.29. The van der Waals surface area contributed by atoms with Gasteiger partial charge >= 0.3 is 0 Å². The smallest absolute Gasteiger partial charge is 0.241 e. The molecule has 0 unspecified atom stereocenters. The number of rotatable bonds is 8. The van der Waals surface area contributed by atoms with Crippen molar-refractivity contribution in [2.45, 2.75) is 68.7 Å². The van der Waals surface area contributed by atoms with E-state index in [1.54, 1.807) is 32.0 Å². The zero-order valence-corrected chi connectivity index (χ0v) is 20.3. The third-order valence-corrected chi connectivity index (χ3v) is 8.01. The average Bonchev–Trinajstić information content (AvgIpc) is 2.77. The molecule has 1 aliphatic carbocycles. The Bertz CT molecular complexity index is 1050. The molecule has 0 aromatic heterocycles. The second-order valence-corrected chi connectivity index (χ2v) is 10.9. The Morgan fingerprint density at radius 1 is 1.06 bits per heavy atom. The fourth-order valence-electron chi connectivity index (χ4n) is 3.84. The van der Waals surface area contributed by atoms with Gasteiger partial charge in [0.2, 0.25) is 15.9 Å². The van der Waals surface area contributed by atoms with E-state index in [9.17, 15) is 13.2 Å². The van der Waals surface area contributed by atoms with Crippen LogP contribution >= 0.6 is 11.8 Å². The number of aryl methyl sites for hydroxylation is 2. The second-order valence-electron chi connectivity index (χ2n) is 8.32. The van der Waals surface area contributed by atoms with Crippen LogP contribution in [0.25, 0.3) is 0 Å². The van der Waals surface area contributed by atoms with Crippen molar-refractivity contribution in [3.8, 4) is 0 Å². The van der Waals surface area contributed by atoms with Gasteiger partial charge < -0.3 is 5.32 Å². The zero-order valence-electron chi connectivity index (χ0n) is 18.7. The largest absolute Gasteiger partial charge is 0.325 e. The number of thioether (sulfide) groups is 1. The van der Waals surface area contributed by atoms with E-state index in [0.717, 1.165) is 23.3 Å². The maximum atomic E-state index is 13.2. The molecule has 2 aromatic rings. The third kappa shape index (κ3) is 5.70. The van der Waals surface area contributed by atoms with E-state index in [0.29, 0.717) is 12.1 Å². The normalized spacial score (nSPS) is 14.9. The fraction of sp³-hybridized carbons (Fsp3) is 0.458. The van der Waals surface area contributed by atoms with Gasteiger partial charge in [0.15, 0.2) is 0 Å². The summed E-state index contributed by atoms with van der Waals surface area (Å²) in [5.41, 5.74) is 4.24. The van der Waals surface area contributed by atoms with Crippen LogP contribution in [0.5, 0.6) is 0 Å². The predicted molar refractivity (Wildman–Crippen MR) is 128 cm³/mol. The lowest BCUT2D eigenvalue weighted by Gasteiger charge is -2.22. The lowest BCUT2D eigenvalue weighted by atomic mass is 9.89. The van der Waals surface area contributed by atoms with Gasteiger partial charge in [-0.25, -0.2) is 13.1 Å². The first kappa shape index (κ1) is 23.8. The van der Waals surface area contributed by atoms with Crippen LogP contribution in [0.2, 0.25) is 0 Å². The molecule has 1 atom stereocenters. The van der Waals surface area contributed by atoms with E-state index in [1.807, 2.05) is 19.2 Å². The van der Waals surface area contributed by atoms with Crippen molar-refractivity contribution in [1.29, 1.82) is 0 Å². The number of amides is 1. The minimum Gasteiger partial charge on any atom is -0.325 e. The summed E-state index contributed by atoms with van der Waals surface area (Å²) < 4.78 is 29.3. The monoisotopic (exact) mass is 460 g/mol. The van der Waals surface area contributed by atoms with Gasteiger partial charge in [-0.3, -0.25) is 4.79 Å². The first-order valence-corrected chi connectivity index (χ1v) is 13.6. The number of hydrogen-bond acceptors (Lipinski definition) is 4. The van der Waals surface area contributed by atoms with Gasteiger partial charge in [-0.15, -0.1) is 11.8 Å². The van der Waals surface area contributed by atoms with Gasteiger partial charge in [0.05, 0.1) is 10.6 Å². The van der Waals surface area contributed by atoms with E-state index in [-0.39, 0.29) is 22.8 Å². The summed E-state index contributed by atoms with van der Waals surface area (Å²) in [4.78, 5) is 13.2. The van der Waals surface area contributed by atoms with E-state index in [4.69, 9.17) is 0 Å². The molecule has 31 heavy (non-hydrogen) atoms. The molecule has 0 saturated heterocycles. The molecule has 7 heteroatoms. The van der Waals surface area contributed by atoms with Gasteiger partial charge in [0.25, 0.3) is 0 Å². The molecule has 1 aliphatic rings. The summed E-state index contributed by atoms with van der Waals surface area (Å²) in [6, 6.07) is 10.9. The summed E-state index contributed by atoms with van der Waals surface area (Å²) in [6.45, 7) is 5.60. The third-order valence-electron chi connectivity index (χ3n) is 5.74. The highest BCUT2D eigenvalue weighted by Gasteiger charge is 2.23. The molecule has 0 saturated carbocycles. The van der Waals surface area contributed by atoms with Gasteiger partial charge in [0, 0.05) is 16.9 Å². The minimum absolute atomic E-state index is 0.140. The lowest BCUT2D eigenvalue weighted by molar-refractivity contribution is -0.118. The molecule has 0 bridgehead atoms. The number of fused-ring (bicyclic) bond motifs is 1. The quantitative estimate of drug-likeness (QED) is 0.524. The van der Waals surface area contributed by atoms with Crippen molar-refractivity contribution in [3.05, 3.63) is 53.1 Å². The fourth-order valence-corrected chi connectivity index (χ4v) is 5.71. The molecule has 0 radical (unpaired) electrons. The molecule has 1 amide bonds. The van der Waals surface area contributed by atoms with Crippen LogP contribution in [0.4, 0.5) is 5.69 Å². The molecule has 0 heterocycles.